The lowest BCUT2D eigenvalue weighted by Gasteiger charge is -2.23. The number of thioether (sulfide) groups is 1. The fraction of sp³-hybridized carbons (Fsp3) is 0.250. The van der Waals surface area contributed by atoms with Crippen LogP contribution in [0.3, 0.4) is 0 Å². The van der Waals surface area contributed by atoms with Crippen molar-refractivity contribution < 1.29 is 17.9 Å². The number of carbonyl (C=O) groups is 1. The molecule has 34 heavy (non-hydrogen) atoms. The second kappa shape index (κ2) is 9.81. The number of anilines is 2. The SMILES string of the molecule is CSc1sc(N(C=N)C(=O)OC(C)(C)C)cc1S(=O)(=O)c1cccc(-c2c(C)cccc2N)c1. The predicted molar refractivity (Wildman–Crippen MR) is 140 cm³/mol. The number of hydrogen-bond donors (Lipinski definition) is 2. The van der Waals surface area contributed by atoms with E-state index in [1.165, 1.54) is 23.9 Å². The normalized spacial score (nSPS) is 11.8. The van der Waals surface area contributed by atoms with Gasteiger partial charge in [-0.05, 0) is 69.3 Å². The van der Waals surface area contributed by atoms with Crippen molar-refractivity contribution in [1.82, 2.24) is 0 Å². The monoisotopic (exact) mass is 517 g/mol. The maximum atomic E-state index is 13.7. The van der Waals surface area contributed by atoms with Crippen LogP contribution in [0.15, 0.2) is 62.5 Å². The lowest BCUT2D eigenvalue weighted by atomic mass is 9.99. The van der Waals surface area contributed by atoms with E-state index in [1.807, 2.05) is 25.1 Å². The molecule has 0 aliphatic carbocycles. The molecule has 1 amide bonds. The van der Waals surface area contributed by atoms with Gasteiger partial charge >= 0.3 is 6.09 Å². The zero-order valence-corrected chi connectivity index (χ0v) is 22.0. The minimum absolute atomic E-state index is 0.0744. The van der Waals surface area contributed by atoms with Gasteiger partial charge in [-0.15, -0.1) is 23.1 Å². The van der Waals surface area contributed by atoms with E-state index in [4.69, 9.17) is 15.9 Å². The lowest BCUT2D eigenvalue weighted by Crippen LogP contribution is -2.35. The van der Waals surface area contributed by atoms with Crippen LogP contribution in [0.25, 0.3) is 11.1 Å². The number of amides is 1. The molecule has 0 radical (unpaired) electrons. The topological polar surface area (TPSA) is 114 Å². The molecule has 0 saturated heterocycles. The summed E-state index contributed by atoms with van der Waals surface area (Å²) in [5.41, 5.74) is 8.41. The third-order valence-corrected chi connectivity index (χ3v) is 9.13. The van der Waals surface area contributed by atoms with Crippen molar-refractivity contribution in [3.05, 3.63) is 54.1 Å². The zero-order chi connectivity index (χ0) is 25.3. The van der Waals surface area contributed by atoms with E-state index < -0.39 is 21.5 Å². The summed E-state index contributed by atoms with van der Waals surface area (Å²) in [5, 5.41) is 7.98. The molecule has 7 nitrogen and oxygen atoms in total. The van der Waals surface area contributed by atoms with Crippen LogP contribution in [-0.4, -0.2) is 32.7 Å². The van der Waals surface area contributed by atoms with Crippen molar-refractivity contribution in [2.75, 3.05) is 16.9 Å². The van der Waals surface area contributed by atoms with Crippen LogP contribution in [0.4, 0.5) is 15.5 Å². The highest BCUT2D eigenvalue weighted by Gasteiger charge is 2.29. The average molecular weight is 518 g/mol. The third-order valence-electron chi connectivity index (χ3n) is 4.82. The number of ether oxygens (including phenoxy) is 1. The van der Waals surface area contributed by atoms with Crippen LogP contribution < -0.4 is 10.6 Å². The van der Waals surface area contributed by atoms with Crippen molar-refractivity contribution in [3.63, 3.8) is 0 Å². The number of nitrogens with zero attached hydrogens (tertiary/aromatic N) is 1. The largest absolute Gasteiger partial charge is 0.443 e. The highest BCUT2D eigenvalue weighted by atomic mass is 32.2. The molecule has 1 aromatic heterocycles. The van der Waals surface area contributed by atoms with Crippen molar-refractivity contribution in [2.45, 2.75) is 47.3 Å². The quantitative estimate of drug-likeness (QED) is 0.174. The van der Waals surface area contributed by atoms with Crippen molar-refractivity contribution >= 4 is 56.1 Å². The minimum Gasteiger partial charge on any atom is -0.443 e. The number of hydrogen-bond acceptors (Lipinski definition) is 8. The van der Waals surface area contributed by atoms with E-state index in [2.05, 4.69) is 0 Å². The molecular formula is C24H27N3O4S3. The number of sulfone groups is 1. The van der Waals surface area contributed by atoms with Gasteiger partial charge < -0.3 is 10.5 Å². The van der Waals surface area contributed by atoms with Gasteiger partial charge in [-0.2, -0.15) is 0 Å². The van der Waals surface area contributed by atoms with Crippen molar-refractivity contribution in [2.24, 2.45) is 0 Å². The van der Waals surface area contributed by atoms with Gasteiger partial charge in [-0.3, -0.25) is 5.41 Å². The maximum Gasteiger partial charge on any atom is 0.420 e. The Labute approximate surface area is 208 Å². The first-order valence-electron chi connectivity index (χ1n) is 10.3. The number of nitrogens with one attached hydrogen (secondary N) is 1. The Morgan fingerprint density at radius 3 is 2.44 bits per heavy atom. The van der Waals surface area contributed by atoms with E-state index in [1.54, 1.807) is 45.2 Å². The molecule has 3 aromatic rings. The van der Waals surface area contributed by atoms with Gasteiger partial charge in [0.05, 0.1) is 20.3 Å². The standard InChI is InChI=1S/C24H27N3O4S3/c1-15-8-6-11-18(26)21(15)16-9-7-10-17(12-16)34(29,30)19-13-20(33-22(19)32-5)27(14-25)23(28)31-24(2,3)4/h6-14,25H,26H2,1-5H3. The second-order valence-electron chi connectivity index (χ2n) is 8.49. The Kier molecular flexibility index (Phi) is 7.44. The average Bonchev–Trinajstić information content (AvgIpc) is 3.18. The smallest absolute Gasteiger partial charge is 0.420 e. The first-order valence-corrected chi connectivity index (χ1v) is 13.8. The molecule has 0 bridgehead atoms. The molecule has 0 aliphatic rings. The van der Waals surface area contributed by atoms with Gasteiger partial charge in [0.25, 0.3) is 0 Å². The van der Waals surface area contributed by atoms with Gasteiger partial charge in [-0.1, -0.05) is 24.3 Å². The Bertz CT molecular complexity index is 1320. The molecule has 0 aliphatic heterocycles. The molecule has 10 heteroatoms. The molecule has 0 saturated carbocycles. The highest BCUT2D eigenvalue weighted by Crippen LogP contribution is 2.42. The van der Waals surface area contributed by atoms with E-state index >= 15 is 0 Å². The molecule has 0 spiro atoms. The Hall–Kier alpha value is -2.82. The van der Waals surface area contributed by atoms with E-state index in [0.29, 0.717) is 15.5 Å². The van der Waals surface area contributed by atoms with Crippen LogP contribution in [0.2, 0.25) is 0 Å². The third kappa shape index (κ3) is 5.29. The zero-order valence-electron chi connectivity index (χ0n) is 19.6. The first kappa shape index (κ1) is 25.8. The molecule has 2 aromatic carbocycles. The van der Waals surface area contributed by atoms with E-state index in [-0.39, 0.29) is 14.8 Å². The summed E-state index contributed by atoms with van der Waals surface area (Å²) in [4.78, 5) is 13.8. The molecule has 0 unspecified atom stereocenters. The number of nitrogens with two attached hydrogens (primary N) is 1. The summed E-state index contributed by atoms with van der Waals surface area (Å²) in [6.07, 6.45) is 1.83. The summed E-state index contributed by atoms with van der Waals surface area (Å²) in [5.74, 6) is 0. The molecular weight excluding hydrogens is 490 g/mol. The number of benzene rings is 2. The van der Waals surface area contributed by atoms with Crippen LogP contribution >= 0.6 is 23.1 Å². The minimum atomic E-state index is -3.92. The van der Waals surface area contributed by atoms with Gasteiger partial charge in [-0.25, -0.2) is 18.1 Å². The van der Waals surface area contributed by atoms with Crippen LogP contribution in [-0.2, 0) is 14.6 Å². The number of carbonyl (C=O) groups excluding carboxylic acids is 1. The van der Waals surface area contributed by atoms with Gasteiger partial charge in [0.2, 0.25) is 9.84 Å². The number of aryl methyl sites for hydroxylation is 1. The van der Waals surface area contributed by atoms with Crippen LogP contribution in [0.5, 0.6) is 0 Å². The van der Waals surface area contributed by atoms with Gasteiger partial charge in [0.1, 0.15) is 10.6 Å². The maximum absolute atomic E-state index is 13.7. The summed E-state index contributed by atoms with van der Waals surface area (Å²) in [7, 11) is -3.92. The Morgan fingerprint density at radius 2 is 1.85 bits per heavy atom. The second-order valence-corrected chi connectivity index (χ2v) is 12.5. The van der Waals surface area contributed by atoms with Crippen LogP contribution in [0.1, 0.15) is 26.3 Å². The molecule has 180 valence electrons. The van der Waals surface area contributed by atoms with Crippen LogP contribution in [0, 0.1) is 12.3 Å². The Balaban J connectivity index is 2.08. The van der Waals surface area contributed by atoms with E-state index in [9.17, 15) is 13.2 Å². The number of thiophene rings is 1. The lowest BCUT2D eigenvalue weighted by molar-refractivity contribution is 0.0606. The molecule has 3 N–H and O–H groups in total. The molecule has 1 heterocycles. The summed E-state index contributed by atoms with van der Waals surface area (Å²) >= 11 is 2.37. The van der Waals surface area contributed by atoms with Gasteiger partial charge in [0.15, 0.2) is 0 Å². The van der Waals surface area contributed by atoms with Crippen molar-refractivity contribution in [3.8, 4) is 11.1 Å². The summed E-state index contributed by atoms with van der Waals surface area (Å²) in [6, 6.07) is 13.6. The van der Waals surface area contributed by atoms with Crippen molar-refractivity contribution in [1.29, 1.82) is 5.41 Å². The molecule has 0 atom stereocenters. The fourth-order valence-electron chi connectivity index (χ4n) is 3.34. The predicted octanol–water partition coefficient (Wildman–Crippen LogP) is 6.21. The van der Waals surface area contributed by atoms with E-state index in [0.717, 1.165) is 33.7 Å². The Morgan fingerprint density at radius 1 is 1.18 bits per heavy atom. The number of nitrogen functional groups attached to an aromatic ring is 1. The van der Waals surface area contributed by atoms with Gasteiger partial charge in [0, 0.05) is 11.3 Å². The summed E-state index contributed by atoms with van der Waals surface area (Å²) < 4.78 is 33.2. The fourth-order valence-corrected chi connectivity index (χ4v) is 7.33. The molecule has 0 fully saturated rings. The summed E-state index contributed by atoms with van der Waals surface area (Å²) in [6.45, 7) is 7.09. The molecule has 3 rings (SSSR count). The first-order chi connectivity index (χ1) is 15.9. The highest BCUT2D eigenvalue weighted by molar-refractivity contribution is 8.01. The number of rotatable bonds is 6.